The van der Waals surface area contributed by atoms with Crippen molar-refractivity contribution in [2.75, 3.05) is 49.2 Å². The Labute approximate surface area is 276 Å². The number of likely N-dealkylation sites (N-methyl/N-ethyl adjacent to an activating group) is 1. The lowest BCUT2D eigenvalue weighted by Crippen LogP contribution is -2.44. The number of nitrogens with zero attached hydrogens (tertiary/aromatic N) is 4. The molecule has 246 valence electrons. The van der Waals surface area contributed by atoms with Gasteiger partial charge in [-0.2, -0.15) is 13.2 Å². The lowest BCUT2D eigenvalue weighted by molar-refractivity contribution is -0.138. The molecule has 0 radical (unpaired) electrons. The average Bonchev–Trinajstić information content (AvgIpc) is 3.07. The molecular formula is C36H34F3N7O2. The minimum absolute atomic E-state index is 0.0548. The first-order valence-electron chi connectivity index (χ1n) is 15.1. The highest BCUT2D eigenvalue weighted by molar-refractivity contribution is 6.04. The molecule has 0 spiro atoms. The van der Waals surface area contributed by atoms with Gasteiger partial charge in [0.25, 0.3) is 5.91 Å². The molecule has 2 amide bonds. The van der Waals surface area contributed by atoms with E-state index >= 15 is 0 Å². The van der Waals surface area contributed by atoms with Gasteiger partial charge in [-0.25, -0.2) is 9.97 Å². The van der Waals surface area contributed by atoms with Crippen LogP contribution in [-0.4, -0.2) is 64.8 Å². The molecule has 1 fully saturated rings. The van der Waals surface area contributed by atoms with E-state index in [2.05, 4.69) is 49.2 Å². The second-order valence-corrected chi connectivity index (χ2v) is 11.3. The van der Waals surface area contributed by atoms with Gasteiger partial charge in [-0.3, -0.25) is 14.5 Å². The summed E-state index contributed by atoms with van der Waals surface area (Å²) < 4.78 is 42.1. The zero-order valence-electron chi connectivity index (χ0n) is 26.5. The number of carbonyl (C=O) groups is 2. The van der Waals surface area contributed by atoms with Gasteiger partial charge < -0.3 is 20.9 Å². The summed E-state index contributed by atoms with van der Waals surface area (Å²) in [5.74, 6) is 5.40. The number of benzene rings is 3. The summed E-state index contributed by atoms with van der Waals surface area (Å²) in [5, 5.41) is 8.38. The Morgan fingerprint density at radius 2 is 1.65 bits per heavy atom. The summed E-state index contributed by atoms with van der Waals surface area (Å²) in [6.45, 7) is 8.45. The first-order valence-corrected chi connectivity index (χ1v) is 15.1. The molecule has 1 saturated heterocycles. The van der Waals surface area contributed by atoms with Gasteiger partial charge in [0, 0.05) is 61.9 Å². The number of hydrogen-bond acceptors (Lipinski definition) is 7. The Morgan fingerprint density at radius 1 is 0.938 bits per heavy atom. The lowest BCUT2D eigenvalue weighted by Gasteiger charge is -2.33. The maximum Gasteiger partial charge on any atom is 0.416 e. The van der Waals surface area contributed by atoms with Crippen molar-refractivity contribution in [2.24, 2.45) is 0 Å². The van der Waals surface area contributed by atoms with E-state index in [1.165, 1.54) is 30.6 Å². The fourth-order valence-electron chi connectivity index (χ4n) is 5.01. The van der Waals surface area contributed by atoms with Gasteiger partial charge in [0.05, 0.1) is 22.5 Å². The smallest absolute Gasteiger partial charge is 0.322 e. The molecule has 0 bridgehead atoms. The highest BCUT2D eigenvalue weighted by atomic mass is 19.4. The Hall–Kier alpha value is -5.51. The molecule has 4 aromatic rings. The van der Waals surface area contributed by atoms with Crippen LogP contribution in [0.1, 0.15) is 38.2 Å². The fourth-order valence-corrected chi connectivity index (χ4v) is 5.01. The molecule has 12 heteroatoms. The summed E-state index contributed by atoms with van der Waals surface area (Å²) in [7, 11) is 1.99. The number of aryl methyl sites for hydroxylation is 1. The Balaban J connectivity index is 1.27. The second kappa shape index (κ2) is 14.9. The van der Waals surface area contributed by atoms with E-state index in [0.29, 0.717) is 35.6 Å². The second-order valence-electron chi connectivity index (χ2n) is 11.3. The van der Waals surface area contributed by atoms with Gasteiger partial charge in [-0.05, 0) is 67.6 Å². The lowest BCUT2D eigenvalue weighted by atomic mass is 10.0. The van der Waals surface area contributed by atoms with Crippen LogP contribution >= 0.6 is 0 Å². The molecule has 3 aromatic carbocycles. The SMILES string of the molecule is C=CC(=O)Nc1ccccc1Nc1ncc(C#Cc2cc(C(=O)Nc3ccc(CN4CCN(C)CC4)c(C(F)(F)F)c3)ccc2C)cn1. The zero-order valence-corrected chi connectivity index (χ0v) is 26.5. The standard InChI is InChI=1S/C36H34F3N7O2/c1-4-33(47)43-31-7-5-6-8-32(31)44-35-40-21-25(22-41-35)10-12-26-19-27(11-9-24(26)2)34(48)42-29-14-13-28(30(20-29)36(37,38)39)23-46-17-15-45(3)16-18-46/h4-9,11,13-14,19-22H,1,15-18,23H2,2-3H3,(H,42,48)(H,43,47)(H,40,41,44). The van der Waals surface area contributed by atoms with Crippen molar-refractivity contribution in [3.05, 3.63) is 119 Å². The molecule has 1 aromatic heterocycles. The molecule has 48 heavy (non-hydrogen) atoms. The number of rotatable bonds is 8. The van der Waals surface area contributed by atoms with Crippen molar-refractivity contribution < 1.29 is 22.8 Å². The van der Waals surface area contributed by atoms with Crippen LogP contribution in [0.3, 0.4) is 0 Å². The molecule has 2 heterocycles. The normalized spacial score (nSPS) is 13.6. The number of alkyl halides is 3. The largest absolute Gasteiger partial charge is 0.416 e. The Morgan fingerprint density at radius 3 is 2.33 bits per heavy atom. The number of anilines is 4. The highest BCUT2D eigenvalue weighted by Gasteiger charge is 2.34. The summed E-state index contributed by atoms with van der Waals surface area (Å²) >= 11 is 0. The van der Waals surface area contributed by atoms with Crippen molar-refractivity contribution in [3.8, 4) is 11.8 Å². The average molecular weight is 654 g/mol. The third-order valence-electron chi connectivity index (χ3n) is 7.77. The predicted octanol–water partition coefficient (Wildman–Crippen LogP) is 6.07. The minimum atomic E-state index is -4.57. The van der Waals surface area contributed by atoms with Crippen LogP contribution in [0.4, 0.5) is 36.2 Å². The maximum absolute atomic E-state index is 14.0. The van der Waals surface area contributed by atoms with Crippen molar-refractivity contribution in [1.82, 2.24) is 19.8 Å². The third kappa shape index (κ3) is 8.85. The topological polar surface area (TPSA) is 102 Å². The fraction of sp³-hybridized carbons (Fsp3) is 0.222. The van der Waals surface area contributed by atoms with E-state index in [-0.39, 0.29) is 35.2 Å². The molecule has 0 aliphatic carbocycles. The number of para-hydroxylation sites is 2. The molecular weight excluding hydrogens is 619 g/mol. The van der Waals surface area contributed by atoms with E-state index in [4.69, 9.17) is 0 Å². The number of amides is 2. The molecule has 0 unspecified atom stereocenters. The molecule has 9 nitrogen and oxygen atoms in total. The molecule has 3 N–H and O–H groups in total. The van der Waals surface area contributed by atoms with E-state index in [1.807, 2.05) is 18.9 Å². The number of hydrogen-bond donors (Lipinski definition) is 3. The van der Waals surface area contributed by atoms with Crippen LogP contribution in [-0.2, 0) is 17.5 Å². The maximum atomic E-state index is 14.0. The van der Waals surface area contributed by atoms with E-state index < -0.39 is 17.6 Å². The quantitative estimate of drug-likeness (QED) is 0.157. The number of piperazine rings is 1. The molecule has 0 saturated carbocycles. The first kappa shape index (κ1) is 33.8. The van der Waals surface area contributed by atoms with Crippen LogP contribution < -0.4 is 16.0 Å². The third-order valence-corrected chi connectivity index (χ3v) is 7.77. The molecule has 1 aliphatic rings. The van der Waals surface area contributed by atoms with Gasteiger partial charge >= 0.3 is 6.18 Å². The van der Waals surface area contributed by atoms with Crippen LogP contribution in [0.15, 0.2) is 85.7 Å². The van der Waals surface area contributed by atoms with Crippen molar-refractivity contribution in [1.29, 1.82) is 0 Å². The minimum Gasteiger partial charge on any atom is -0.322 e. The monoisotopic (exact) mass is 653 g/mol. The Kier molecular flexibility index (Phi) is 10.5. The van der Waals surface area contributed by atoms with Crippen molar-refractivity contribution in [3.63, 3.8) is 0 Å². The number of halogens is 3. The number of carbonyl (C=O) groups excluding carboxylic acids is 2. The number of aromatic nitrogens is 2. The first-order chi connectivity index (χ1) is 23.0. The molecule has 0 atom stereocenters. The van der Waals surface area contributed by atoms with Gasteiger partial charge in [0.2, 0.25) is 11.9 Å². The van der Waals surface area contributed by atoms with Crippen LogP contribution in [0.2, 0.25) is 0 Å². The van der Waals surface area contributed by atoms with E-state index in [0.717, 1.165) is 24.7 Å². The molecule has 5 rings (SSSR count). The van der Waals surface area contributed by atoms with Crippen LogP contribution in [0, 0.1) is 18.8 Å². The van der Waals surface area contributed by atoms with Gasteiger partial charge in [-0.15, -0.1) is 0 Å². The van der Waals surface area contributed by atoms with Crippen LogP contribution in [0.25, 0.3) is 0 Å². The van der Waals surface area contributed by atoms with Gasteiger partial charge in [0.15, 0.2) is 0 Å². The van der Waals surface area contributed by atoms with Crippen LogP contribution in [0.5, 0.6) is 0 Å². The molecule has 1 aliphatic heterocycles. The van der Waals surface area contributed by atoms with Gasteiger partial charge in [-0.1, -0.05) is 42.7 Å². The predicted molar refractivity (Wildman–Crippen MR) is 180 cm³/mol. The number of nitrogens with one attached hydrogen (secondary N) is 3. The van der Waals surface area contributed by atoms with Crippen molar-refractivity contribution >= 4 is 34.8 Å². The van der Waals surface area contributed by atoms with E-state index in [9.17, 15) is 22.8 Å². The van der Waals surface area contributed by atoms with E-state index in [1.54, 1.807) is 42.5 Å². The highest BCUT2D eigenvalue weighted by Crippen LogP contribution is 2.35. The summed E-state index contributed by atoms with van der Waals surface area (Å²) in [6.07, 6.45) is -0.331. The van der Waals surface area contributed by atoms with Crippen molar-refractivity contribution in [2.45, 2.75) is 19.6 Å². The summed E-state index contributed by atoms with van der Waals surface area (Å²) in [6, 6.07) is 15.9. The van der Waals surface area contributed by atoms with Gasteiger partial charge in [0.1, 0.15) is 0 Å². The summed E-state index contributed by atoms with van der Waals surface area (Å²) in [4.78, 5) is 37.6. The Bertz CT molecular complexity index is 1870. The zero-order chi connectivity index (χ0) is 34.3. The summed E-state index contributed by atoms with van der Waals surface area (Å²) in [5.41, 5.74) is 2.73.